The molecule has 0 fully saturated rings. The monoisotopic (exact) mass is 645 g/mol. The third kappa shape index (κ3) is 7.99. The van der Waals surface area contributed by atoms with Gasteiger partial charge in [0.15, 0.2) is 11.4 Å². The number of benzene rings is 2. The summed E-state index contributed by atoms with van der Waals surface area (Å²) < 4.78 is 14.7. The number of carbonyl (C=O) groups is 3. The van der Waals surface area contributed by atoms with E-state index in [1.54, 1.807) is 89.1 Å². The number of Topliss-reactive ketones (excluding diaryl/α,β-unsaturated/α-hetero) is 1. The van der Waals surface area contributed by atoms with Gasteiger partial charge in [-0.25, -0.2) is 19.6 Å². The lowest BCUT2D eigenvalue weighted by atomic mass is 9.98. The zero-order valence-electron chi connectivity index (χ0n) is 28.5. The van der Waals surface area contributed by atoms with Crippen LogP contribution in [0.1, 0.15) is 79.8 Å². The number of hydrogen-bond donors (Lipinski definition) is 0. The highest BCUT2D eigenvalue weighted by molar-refractivity contribution is 6.11. The first-order valence-corrected chi connectivity index (χ1v) is 15.5. The molecule has 0 radical (unpaired) electrons. The zero-order valence-corrected chi connectivity index (χ0v) is 28.5. The number of rotatable bonds is 5. The lowest BCUT2D eigenvalue weighted by Gasteiger charge is -2.28. The van der Waals surface area contributed by atoms with Crippen molar-refractivity contribution in [1.29, 1.82) is 0 Å². The van der Waals surface area contributed by atoms with Crippen molar-refractivity contribution in [1.82, 2.24) is 18.9 Å². The lowest BCUT2D eigenvalue weighted by molar-refractivity contribution is 0.0430. The number of aryl methyl sites for hydroxylation is 2. The first-order chi connectivity index (χ1) is 22.6. The molecule has 0 N–H and O–H groups in total. The number of imidazole rings is 2. The molecule has 0 aliphatic carbocycles. The number of anilines is 1. The number of ether oxygens (including phenoxy) is 2. The molecular weight excluding hydrogens is 606 g/mol. The summed E-state index contributed by atoms with van der Waals surface area (Å²) in [4.78, 5) is 49.5. The van der Waals surface area contributed by atoms with Crippen molar-refractivity contribution in [3.8, 4) is 17.5 Å². The standard InChI is InChI=1S/C38H39N5O5/c1-25-18-27(20-31(19-25)41-17-15-39-24-41)21-33(44)29-12-11-26(2)28(22-29)13-14-30-23-40-34-32(10-9-16-42(30)34)43(35(45)47-37(3,4)5)36(46)48-38(6,7)8/h9-12,15-20,22-24H,21H2,1-8H3. The molecule has 0 aliphatic heterocycles. The molecule has 0 spiro atoms. The largest absolute Gasteiger partial charge is 0.443 e. The van der Waals surface area contributed by atoms with Crippen LogP contribution in [0.4, 0.5) is 15.3 Å². The summed E-state index contributed by atoms with van der Waals surface area (Å²) in [6.07, 6.45) is 7.08. The smallest absolute Gasteiger partial charge is 0.424 e. The molecule has 10 nitrogen and oxygen atoms in total. The van der Waals surface area contributed by atoms with E-state index in [1.165, 1.54) is 0 Å². The first kappa shape index (κ1) is 33.7. The molecule has 5 rings (SSSR count). The van der Waals surface area contributed by atoms with Gasteiger partial charge in [0.2, 0.25) is 0 Å². The summed E-state index contributed by atoms with van der Waals surface area (Å²) in [5, 5.41) is 0. The molecular formula is C38H39N5O5. The molecule has 48 heavy (non-hydrogen) atoms. The summed E-state index contributed by atoms with van der Waals surface area (Å²) in [6.45, 7) is 14.2. The van der Waals surface area contributed by atoms with Gasteiger partial charge in [0.25, 0.3) is 0 Å². The Morgan fingerprint density at radius 2 is 1.58 bits per heavy atom. The molecule has 3 heterocycles. The van der Waals surface area contributed by atoms with Gasteiger partial charge in [-0.1, -0.05) is 24.1 Å². The Hall–Kier alpha value is -5.69. The SMILES string of the molecule is Cc1cc(CC(=O)c2ccc(C)c(C#Cc3cnc4c(N(C(=O)OC(C)(C)C)C(=O)OC(C)(C)C)cccn34)c2)cc(-n2ccnc2)c1. The highest BCUT2D eigenvalue weighted by Gasteiger charge is 2.34. The van der Waals surface area contributed by atoms with Crippen LogP contribution in [0.2, 0.25) is 0 Å². The van der Waals surface area contributed by atoms with Crippen LogP contribution in [0.25, 0.3) is 11.3 Å². The molecule has 5 aromatic rings. The molecule has 2 amide bonds. The van der Waals surface area contributed by atoms with E-state index in [0.29, 0.717) is 22.5 Å². The van der Waals surface area contributed by atoms with Gasteiger partial charge in [0.1, 0.15) is 22.6 Å². The third-order valence-corrected chi connectivity index (χ3v) is 7.08. The Kier molecular flexibility index (Phi) is 9.26. The molecule has 0 unspecified atom stereocenters. The van der Waals surface area contributed by atoms with Gasteiger partial charge in [0, 0.05) is 41.8 Å². The maximum atomic E-state index is 13.4. The Balaban J connectivity index is 1.44. The average molecular weight is 646 g/mol. The summed E-state index contributed by atoms with van der Waals surface area (Å²) in [7, 11) is 0. The first-order valence-electron chi connectivity index (χ1n) is 15.5. The second-order valence-corrected chi connectivity index (χ2v) is 13.6. The number of fused-ring (bicyclic) bond motifs is 1. The molecule has 0 bridgehead atoms. The second-order valence-electron chi connectivity index (χ2n) is 13.6. The molecule has 0 atom stereocenters. The highest BCUT2D eigenvalue weighted by atomic mass is 16.6. The van der Waals surface area contributed by atoms with E-state index in [9.17, 15) is 14.4 Å². The Bertz CT molecular complexity index is 2040. The molecule has 0 aliphatic rings. The van der Waals surface area contributed by atoms with Crippen molar-refractivity contribution in [2.24, 2.45) is 0 Å². The minimum atomic E-state index is -0.888. The van der Waals surface area contributed by atoms with Crippen molar-refractivity contribution in [2.45, 2.75) is 73.0 Å². The van der Waals surface area contributed by atoms with Crippen molar-refractivity contribution in [3.63, 3.8) is 0 Å². The van der Waals surface area contributed by atoms with E-state index in [4.69, 9.17) is 9.47 Å². The number of carbonyl (C=O) groups excluding carboxylic acids is 3. The maximum absolute atomic E-state index is 13.4. The van der Waals surface area contributed by atoms with Crippen molar-refractivity contribution < 1.29 is 23.9 Å². The van der Waals surface area contributed by atoms with Crippen LogP contribution >= 0.6 is 0 Å². The number of hydrogen-bond acceptors (Lipinski definition) is 7. The lowest BCUT2D eigenvalue weighted by Crippen LogP contribution is -2.44. The highest BCUT2D eigenvalue weighted by Crippen LogP contribution is 2.26. The van der Waals surface area contributed by atoms with Crippen molar-refractivity contribution >= 4 is 29.3 Å². The normalized spacial score (nSPS) is 11.5. The summed E-state index contributed by atoms with van der Waals surface area (Å²) in [5.74, 6) is 6.32. The predicted octanol–water partition coefficient (Wildman–Crippen LogP) is 7.64. The molecule has 3 aromatic heterocycles. The molecule has 0 saturated carbocycles. The number of imide groups is 1. The van der Waals surface area contributed by atoms with Gasteiger partial charge in [-0.15, -0.1) is 0 Å². The second kappa shape index (κ2) is 13.2. The van der Waals surface area contributed by atoms with Gasteiger partial charge >= 0.3 is 12.2 Å². The van der Waals surface area contributed by atoms with Crippen LogP contribution < -0.4 is 4.90 Å². The minimum Gasteiger partial charge on any atom is -0.443 e. The van der Waals surface area contributed by atoms with Crippen LogP contribution in [0.15, 0.2) is 79.6 Å². The fourth-order valence-corrected chi connectivity index (χ4v) is 5.00. The number of aromatic nitrogens is 4. The Morgan fingerprint density at radius 1 is 0.875 bits per heavy atom. The molecule has 246 valence electrons. The van der Waals surface area contributed by atoms with Crippen LogP contribution in [0, 0.1) is 25.7 Å². The third-order valence-electron chi connectivity index (χ3n) is 7.08. The topological polar surface area (TPSA) is 108 Å². The number of pyridine rings is 1. The van der Waals surface area contributed by atoms with E-state index < -0.39 is 23.4 Å². The summed E-state index contributed by atoms with van der Waals surface area (Å²) in [6, 6.07) is 14.8. The van der Waals surface area contributed by atoms with Gasteiger partial charge in [0.05, 0.1) is 12.5 Å². The Labute approximate surface area is 280 Å². The van der Waals surface area contributed by atoms with E-state index >= 15 is 0 Å². The van der Waals surface area contributed by atoms with E-state index in [-0.39, 0.29) is 17.9 Å². The quantitative estimate of drug-likeness (QED) is 0.143. The van der Waals surface area contributed by atoms with Crippen molar-refractivity contribution in [2.75, 3.05) is 4.90 Å². The number of amides is 2. The predicted molar refractivity (Wildman–Crippen MR) is 184 cm³/mol. The summed E-state index contributed by atoms with van der Waals surface area (Å²) in [5.41, 5.74) is 4.37. The molecule has 0 saturated heterocycles. The summed E-state index contributed by atoms with van der Waals surface area (Å²) >= 11 is 0. The Morgan fingerprint density at radius 3 is 2.23 bits per heavy atom. The van der Waals surface area contributed by atoms with Crippen LogP contribution in [0.5, 0.6) is 0 Å². The zero-order chi connectivity index (χ0) is 34.8. The molecule has 10 heteroatoms. The van der Waals surface area contributed by atoms with E-state index in [2.05, 4.69) is 21.8 Å². The average Bonchev–Trinajstić information content (AvgIpc) is 3.66. The van der Waals surface area contributed by atoms with Gasteiger partial charge < -0.3 is 14.0 Å². The van der Waals surface area contributed by atoms with Gasteiger partial charge in [-0.3, -0.25) is 9.20 Å². The van der Waals surface area contributed by atoms with Crippen LogP contribution in [-0.2, 0) is 15.9 Å². The van der Waals surface area contributed by atoms with Gasteiger partial charge in [-0.05, 0) is 108 Å². The minimum absolute atomic E-state index is 0.0240. The van der Waals surface area contributed by atoms with Crippen molar-refractivity contribution in [3.05, 3.63) is 113 Å². The van der Waals surface area contributed by atoms with Crippen LogP contribution in [-0.4, -0.2) is 48.1 Å². The van der Waals surface area contributed by atoms with Crippen LogP contribution in [0.3, 0.4) is 0 Å². The maximum Gasteiger partial charge on any atom is 0.424 e. The number of nitrogens with zero attached hydrogens (tertiary/aromatic N) is 5. The fourth-order valence-electron chi connectivity index (χ4n) is 5.00. The fraction of sp³-hybridized carbons (Fsp3) is 0.289. The van der Waals surface area contributed by atoms with E-state index in [1.807, 2.05) is 54.9 Å². The molecule has 2 aromatic carbocycles. The number of ketones is 1. The van der Waals surface area contributed by atoms with Gasteiger partial charge in [-0.2, -0.15) is 4.90 Å². The van der Waals surface area contributed by atoms with E-state index in [0.717, 1.165) is 27.3 Å².